The molecule has 0 amide bonds. The largest absolute Gasteiger partial charge is 0.586 e. The minimum Gasteiger partial charge on any atom is -0.395 e. The van der Waals surface area contributed by atoms with Crippen LogP contribution >= 0.6 is 0 Å². The third kappa shape index (κ3) is 1.55. The molecule has 1 aromatic carbocycles. The number of hydrogen-bond donors (Lipinski definition) is 2. The van der Waals surface area contributed by atoms with Crippen molar-refractivity contribution in [2.75, 3.05) is 5.73 Å². The summed E-state index contributed by atoms with van der Waals surface area (Å²) in [6.45, 7) is 0. The van der Waals surface area contributed by atoms with Crippen molar-refractivity contribution in [1.82, 2.24) is 10.2 Å². The van der Waals surface area contributed by atoms with Crippen LogP contribution in [0.15, 0.2) is 24.4 Å². The van der Waals surface area contributed by atoms with Crippen molar-refractivity contribution >= 4 is 5.82 Å². The Balaban J connectivity index is 2.05. The van der Waals surface area contributed by atoms with Crippen LogP contribution in [-0.4, -0.2) is 16.5 Å². The van der Waals surface area contributed by atoms with Crippen LogP contribution in [0.5, 0.6) is 11.5 Å². The van der Waals surface area contributed by atoms with E-state index in [1.54, 1.807) is 6.07 Å². The molecule has 5 nitrogen and oxygen atoms in total. The average Bonchev–Trinajstić information content (AvgIpc) is 2.78. The van der Waals surface area contributed by atoms with Gasteiger partial charge in [0, 0.05) is 5.56 Å². The van der Waals surface area contributed by atoms with Crippen LogP contribution in [0.3, 0.4) is 0 Å². The lowest BCUT2D eigenvalue weighted by atomic mass is 10.1. The number of ether oxygens (including phenoxy) is 2. The number of anilines is 1. The van der Waals surface area contributed by atoms with E-state index in [9.17, 15) is 8.78 Å². The molecule has 3 N–H and O–H groups in total. The second-order valence-electron chi connectivity index (χ2n) is 3.53. The number of hydrogen-bond acceptors (Lipinski definition) is 4. The van der Waals surface area contributed by atoms with Gasteiger partial charge in [0.2, 0.25) is 0 Å². The summed E-state index contributed by atoms with van der Waals surface area (Å²) in [6.07, 6.45) is -2.10. The second kappa shape index (κ2) is 3.09. The Bertz CT molecular complexity index is 583. The van der Waals surface area contributed by atoms with Crippen molar-refractivity contribution in [2.24, 2.45) is 0 Å². The summed E-state index contributed by atoms with van der Waals surface area (Å²) in [7, 11) is 0. The highest BCUT2D eigenvalue weighted by Crippen LogP contribution is 2.43. The van der Waals surface area contributed by atoms with Gasteiger partial charge in [0.25, 0.3) is 0 Å². The normalized spacial score (nSPS) is 16.1. The van der Waals surface area contributed by atoms with Crippen LogP contribution in [0.2, 0.25) is 0 Å². The number of nitrogen functional groups attached to an aromatic ring is 1. The van der Waals surface area contributed by atoms with E-state index in [1.165, 1.54) is 18.3 Å². The van der Waals surface area contributed by atoms with Crippen molar-refractivity contribution in [1.29, 1.82) is 0 Å². The molecule has 0 saturated heterocycles. The van der Waals surface area contributed by atoms with Crippen LogP contribution in [0, 0.1) is 0 Å². The minimum absolute atomic E-state index is 0.000756. The first-order valence-electron chi connectivity index (χ1n) is 4.74. The van der Waals surface area contributed by atoms with Gasteiger partial charge in [-0.25, -0.2) is 0 Å². The van der Waals surface area contributed by atoms with E-state index >= 15 is 0 Å². The fourth-order valence-electron chi connectivity index (χ4n) is 1.64. The molecular weight excluding hydrogens is 232 g/mol. The lowest BCUT2D eigenvalue weighted by Crippen LogP contribution is -2.25. The first-order chi connectivity index (χ1) is 8.05. The lowest BCUT2D eigenvalue weighted by Gasteiger charge is -2.04. The summed E-state index contributed by atoms with van der Waals surface area (Å²) < 4.78 is 34.2. The van der Waals surface area contributed by atoms with Gasteiger partial charge in [-0.3, -0.25) is 5.10 Å². The number of nitrogens with zero attached hydrogens (tertiary/aromatic N) is 1. The minimum atomic E-state index is -3.61. The molecule has 0 aliphatic carbocycles. The van der Waals surface area contributed by atoms with E-state index in [0.717, 1.165) is 0 Å². The van der Waals surface area contributed by atoms with Gasteiger partial charge in [0.1, 0.15) is 5.82 Å². The van der Waals surface area contributed by atoms with Gasteiger partial charge in [-0.2, -0.15) is 5.10 Å². The van der Waals surface area contributed by atoms with Crippen molar-refractivity contribution in [2.45, 2.75) is 6.29 Å². The summed E-state index contributed by atoms with van der Waals surface area (Å²) in [5, 5.41) is 6.31. The maximum Gasteiger partial charge on any atom is 0.586 e. The Morgan fingerprint density at radius 1 is 1.24 bits per heavy atom. The molecule has 0 atom stereocenters. The van der Waals surface area contributed by atoms with E-state index in [-0.39, 0.29) is 11.5 Å². The number of nitrogens with two attached hydrogens (primary N) is 1. The predicted octanol–water partition coefficient (Wildman–Crippen LogP) is 1.98. The monoisotopic (exact) mass is 239 g/mol. The Hall–Kier alpha value is -2.31. The number of benzene rings is 1. The maximum absolute atomic E-state index is 12.8. The zero-order chi connectivity index (χ0) is 12.0. The van der Waals surface area contributed by atoms with Crippen LogP contribution in [0.1, 0.15) is 0 Å². The molecule has 1 aliphatic heterocycles. The number of aromatic amines is 1. The zero-order valence-corrected chi connectivity index (χ0v) is 8.41. The Kier molecular flexibility index (Phi) is 1.80. The van der Waals surface area contributed by atoms with Gasteiger partial charge in [0.05, 0.1) is 6.20 Å². The smallest absolute Gasteiger partial charge is 0.395 e. The molecule has 0 fully saturated rings. The van der Waals surface area contributed by atoms with Gasteiger partial charge in [-0.1, -0.05) is 6.07 Å². The number of rotatable bonds is 1. The Morgan fingerprint density at radius 2 is 2.00 bits per heavy atom. The molecule has 0 saturated carbocycles. The fraction of sp³-hybridized carbons (Fsp3) is 0.100. The van der Waals surface area contributed by atoms with Crippen LogP contribution < -0.4 is 15.2 Å². The van der Waals surface area contributed by atoms with Gasteiger partial charge in [-0.15, -0.1) is 8.78 Å². The molecule has 2 heterocycles. The standard InChI is InChI=1S/C10H7F2N3O2/c11-10(12)16-7-2-1-5(3-8(7)17-10)6-4-14-15-9(6)13/h1-4H,(H3,13,14,15). The zero-order valence-electron chi connectivity index (χ0n) is 8.41. The van der Waals surface area contributed by atoms with Gasteiger partial charge >= 0.3 is 6.29 Å². The molecule has 0 bridgehead atoms. The van der Waals surface area contributed by atoms with E-state index in [2.05, 4.69) is 19.7 Å². The molecule has 3 rings (SSSR count). The SMILES string of the molecule is Nc1[nH]ncc1-c1ccc2c(c1)OC(F)(F)O2. The Labute approximate surface area is 94.1 Å². The van der Waals surface area contributed by atoms with E-state index in [4.69, 9.17) is 5.73 Å². The van der Waals surface area contributed by atoms with E-state index in [0.29, 0.717) is 16.9 Å². The first-order valence-corrected chi connectivity index (χ1v) is 4.74. The van der Waals surface area contributed by atoms with Crippen molar-refractivity contribution in [3.63, 3.8) is 0 Å². The van der Waals surface area contributed by atoms with Crippen molar-refractivity contribution in [3.05, 3.63) is 24.4 Å². The molecule has 7 heteroatoms. The van der Waals surface area contributed by atoms with Crippen molar-refractivity contribution < 1.29 is 18.3 Å². The molecule has 0 spiro atoms. The van der Waals surface area contributed by atoms with Crippen LogP contribution in [0.25, 0.3) is 11.1 Å². The molecule has 17 heavy (non-hydrogen) atoms. The van der Waals surface area contributed by atoms with Crippen molar-refractivity contribution in [3.8, 4) is 22.6 Å². The number of alkyl halides is 2. The summed E-state index contributed by atoms with van der Waals surface area (Å²) in [5.41, 5.74) is 6.87. The number of halogens is 2. The molecule has 0 radical (unpaired) electrons. The number of fused-ring (bicyclic) bond motifs is 1. The first kappa shape index (κ1) is 9.88. The highest BCUT2D eigenvalue weighted by atomic mass is 19.3. The third-order valence-corrected chi connectivity index (χ3v) is 2.38. The highest BCUT2D eigenvalue weighted by Gasteiger charge is 2.43. The second-order valence-corrected chi connectivity index (χ2v) is 3.53. The average molecular weight is 239 g/mol. The van der Waals surface area contributed by atoms with E-state index < -0.39 is 6.29 Å². The van der Waals surface area contributed by atoms with E-state index in [1.807, 2.05) is 0 Å². The highest BCUT2D eigenvalue weighted by molar-refractivity contribution is 5.75. The molecule has 2 aromatic rings. The summed E-state index contributed by atoms with van der Waals surface area (Å²) in [5.74, 6) is 0.338. The summed E-state index contributed by atoms with van der Waals surface area (Å²) >= 11 is 0. The Morgan fingerprint density at radius 3 is 2.71 bits per heavy atom. The maximum atomic E-state index is 12.8. The molecular formula is C10H7F2N3O2. The number of nitrogens with one attached hydrogen (secondary N) is 1. The molecule has 1 aliphatic rings. The summed E-state index contributed by atoms with van der Waals surface area (Å²) in [4.78, 5) is 0. The molecule has 0 unspecified atom stereocenters. The van der Waals surface area contributed by atoms with Crippen LogP contribution in [0.4, 0.5) is 14.6 Å². The number of aromatic nitrogens is 2. The third-order valence-electron chi connectivity index (χ3n) is 2.38. The molecule has 1 aromatic heterocycles. The topological polar surface area (TPSA) is 73.2 Å². The lowest BCUT2D eigenvalue weighted by molar-refractivity contribution is -0.286. The van der Waals surface area contributed by atoms with Gasteiger partial charge < -0.3 is 15.2 Å². The summed E-state index contributed by atoms with van der Waals surface area (Å²) in [6, 6.07) is 4.43. The fourth-order valence-corrected chi connectivity index (χ4v) is 1.64. The quantitative estimate of drug-likeness (QED) is 0.798. The molecule has 88 valence electrons. The van der Waals surface area contributed by atoms with Gasteiger partial charge in [0.15, 0.2) is 11.5 Å². The van der Waals surface area contributed by atoms with Gasteiger partial charge in [-0.05, 0) is 17.7 Å². The van der Waals surface area contributed by atoms with Crippen LogP contribution in [-0.2, 0) is 0 Å². The predicted molar refractivity (Wildman–Crippen MR) is 54.6 cm³/mol. The number of H-pyrrole nitrogens is 1.